The van der Waals surface area contributed by atoms with Crippen LogP contribution in [0.15, 0.2) is 11.6 Å². The summed E-state index contributed by atoms with van der Waals surface area (Å²) in [6.45, 7) is 11.0. The van der Waals surface area contributed by atoms with Crippen LogP contribution in [0.1, 0.15) is 59.3 Å². The van der Waals surface area contributed by atoms with Gasteiger partial charge in [-0.25, -0.2) is 0 Å². The van der Waals surface area contributed by atoms with E-state index in [2.05, 4.69) is 32.3 Å². The van der Waals surface area contributed by atoms with Crippen LogP contribution in [0.4, 0.5) is 0 Å². The molecule has 0 radical (unpaired) electrons. The van der Waals surface area contributed by atoms with Gasteiger partial charge in [0.15, 0.2) is 0 Å². The molecular formula is C14H30Cu. The molecule has 0 bridgehead atoms. The molecule has 0 saturated carbocycles. The summed E-state index contributed by atoms with van der Waals surface area (Å²) in [7, 11) is 0. The Morgan fingerprint density at radius 2 is 1.13 bits per heavy atom. The second-order valence-corrected chi connectivity index (χ2v) is 8.32. The van der Waals surface area contributed by atoms with E-state index in [1.165, 1.54) is 54.5 Å². The van der Waals surface area contributed by atoms with Crippen LogP contribution < -0.4 is 0 Å². The third kappa shape index (κ3) is 6.43. The van der Waals surface area contributed by atoms with Gasteiger partial charge in [0.2, 0.25) is 0 Å². The molecule has 0 spiro atoms. The maximum atomic E-state index is 4.13. The second-order valence-electron chi connectivity index (χ2n) is 3.96. The third-order valence-electron chi connectivity index (χ3n) is 2.54. The first-order valence-electron chi connectivity index (χ1n) is 6.34. The van der Waals surface area contributed by atoms with Crippen LogP contribution in [0.2, 0.25) is 16.0 Å². The Morgan fingerprint density at radius 3 is 1.33 bits per heavy atom. The average molecular weight is 262 g/mol. The van der Waals surface area contributed by atoms with Crippen LogP contribution in [0.5, 0.6) is 0 Å². The van der Waals surface area contributed by atoms with Gasteiger partial charge < -0.3 is 0 Å². The molecule has 1 heteroatoms. The van der Waals surface area contributed by atoms with Crippen LogP contribution in [0.3, 0.4) is 0 Å². The number of rotatable bonds is 10. The topological polar surface area (TPSA) is 0 Å². The van der Waals surface area contributed by atoms with Gasteiger partial charge in [0.05, 0.1) is 0 Å². The van der Waals surface area contributed by atoms with Crippen molar-refractivity contribution in [2.75, 3.05) is 0 Å². The molecule has 0 aromatic heterocycles. The molecule has 0 aromatic carbocycles. The molecule has 0 saturated heterocycles. The zero-order valence-electron chi connectivity index (χ0n) is 10.9. The summed E-state index contributed by atoms with van der Waals surface area (Å²) in [5, 5.41) is 4.30. The minimum atomic E-state index is -0.400. The van der Waals surface area contributed by atoms with Gasteiger partial charge in [-0.3, -0.25) is 0 Å². The van der Waals surface area contributed by atoms with Crippen molar-refractivity contribution in [1.29, 1.82) is 0 Å². The summed E-state index contributed by atoms with van der Waals surface area (Å²) >= 11 is -0.400. The van der Waals surface area contributed by atoms with E-state index in [-0.39, 0.29) is 0 Å². The standard InChI is InChI=1S/3C4H9.C2H3.Cu/c3*1-3-4-2;1-2;/h3*1,3-4H2,2H3;1H,2H2;. The molecule has 0 aliphatic carbocycles. The van der Waals surface area contributed by atoms with Crippen molar-refractivity contribution in [2.45, 2.75) is 75.3 Å². The van der Waals surface area contributed by atoms with E-state index in [4.69, 9.17) is 0 Å². The quantitative estimate of drug-likeness (QED) is 0.427. The van der Waals surface area contributed by atoms with E-state index in [0.717, 1.165) is 0 Å². The minimum absolute atomic E-state index is 0.400. The second kappa shape index (κ2) is 9.48. The fourth-order valence-electron chi connectivity index (χ4n) is 1.37. The van der Waals surface area contributed by atoms with Crippen molar-refractivity contribution in [2.24, 2.45) is 0 Å². The van der Waals surface area contributed by atoms with E-state index in [1.807, 2.05) is 0 Å². The Kier molecular flexibility index (Phi) is 9.65. The van der Waals surface area contributed by atoms with Crippen LogP contribution in [0.25, 0.3) is 0 Å². The molecular weight excluding hydrogens is 232 g/mol. The molecule has 0 amide bonds. The fraction of sp³-hybridized carbons (Fsp3) is 0.857. The van der Waals surface area contributed by atoms with Crippen LogP contribution in [-0.4, -0.2) is 0 Å². The molecule has 0 fully saturated rings. The maximum absolute atomic E-state index is 4.13. The third-order valence-corrected chi connectivity index (χ3v) is 7.17. The van der Waals surface area contributed by atoms with Gasteiger partial charge in [0.25, 0.3) is 0 Å². The van der Waals surface area contributed by atoms with Gasteiger partial charge >= 0.3 is 99.7 Å². The molecule has 0 aromatic rings. The van der Waals surface area contributed by atoms with Crippen molar-refractivity contribution < 1.29 is 12.8 Å². The van der Waals surface area contributed by atoms with E-state index in [1.54, 1.807) is 0 Å². The summed E-state index contributed by atoms with van der Waals surface area (Å²) in [6, 6.07) is 0. The zero-order valence-corrected chi connectivity index (χ0v) is 11.9. The molecule has 0 heterocycles. The first kappa shape index (κ1) is 15.3. The molecule has 0 nitrogen and oxygen atoms in total. The van der Waals surface area contributed by atoms with Crippen molar-refractivity contribution in [3.05, 3.63) is 11.6 Å². The molecule has 0 atom stereocenters. The van der Waals surface area contributed by atoms with Gasteiger partial charge in [-0.2, -0.15) is 0 Å². The molecule has 15 heavy (non-hydrogen) atoms. The van der Waals surface area contributed by atoms with Gasteiger partial charge in [-0.1, -0.05) is 0 Å². The van der Waals surface area contributed by atoms with Gasteiger partial charge in [0.1, 0.15) is 0 Å². The van der Waals surface area contributed by atoms with Crippen LogP contribution in [0, 0.1) is 0 Å². The Morgan fingerprint density at radius 1 is 0.800 bits per heavy atom. The Balaban J connectivity index is 4.23. The summed E-state index contributed by atoms with van der Waals surface area (Å²) < 4.78 is 0. The summed E-state index contributed by atoms with van der Waals surface area (Å²) in [5.74, 6) is 0. The number of unbranched alkanes of at least 4 members (excludes halogenated alkanes) is 3. The average Bonchev–Trinajstić information content (AvgIpc) is 2.29. The molecule has 0 unspecified atom stereocenters. The monoisotopic (exact) mass is 261 g/mol. The van der Waals surface area contributed by atoms with Crippen LogP contribution in [-0.2, 0) is 12.8 Å². The van der Waals surface area contributed by atoms with Gasteiger partial charge in [-0.05, 0) is 0 Å². The zero-order chi connectivity index (χ0) is 11.6. The predicted octanol–water partition coefficient (Wildman–Crippen LogP) is 5.94. The fourth-order valence-corrected chi connectivity index (χ4v) is 5.64. The van der Waals surface area contributed by atoms with Gasteiger partial charge in [-0.15, -0.1) is 0 Å². The number of hydrogen-bond donors (Lipinski definition) is 0. The van der Waals surface area contributed by atoms with Gasteiger partial charge in [0, 0.05) is 0 Å². The molecule has 0 aliphatic rings. The predicted molar refractivity (Wildman–Crippen MR) is 69.3 cm³/mol. The molecule has 0 N–H and O–H groups in total. The molecule has 0 aliphatic heterocycles. The van der Waals surface area contributed by atoms with Crippen molar-refractivity contribution >= 4 is 0 Å². The number of hydrogen-bond acceptors (Lipinski definition) is 0. The van der Waals surface area contributed by atoms with E-state index < -0.39 is 12.8 Å². The molecule has 97 valence electrons. The van der Waals surface area contributed by atoms with Crippen molar-refractivity contribution in [3.8, 4) is 0 Å². The first-order chi connectivity index (χ1) is 7.24. The summed E-state index contributed by atoms with van der Waals surface area (Å²) in [6.07, 6.45) is 8.18. The Bertz CT molecular complexity index is 130. The summed E-state index contributed by atoms with van der Waals surface area (Å²) in [4.78, 5) is 2.34. The normalized spacial score (nSPS) is 12.7. The molecule has 0 rings (SSSR count). The Hall–Kier alpha value is 0.259. The van der Waals surface area contributed by atoms with E-state index in [9.17, 15) is 0 Å². The van der Waals surface area contributed by atoms with E-state index >= 15 is 0 Å². The van der Waals surface area contributed by atoms with Crippen LogP contribution >= 0.6 is 0 Å². The summed E-state index contributed by atoms with van der Waals surface area (Å²) in [5.41, 5.74) is 0. The Labute approximate surface area is 99.8 Å². The van der Waals surface area contributed by atoms with Crippen molar-refractivity contribution in [1.82, 2.24) is 0 Å². The van der Waals surface area contributed by atoms with E-state index in [0.29, 0.717) is 0 Å². The van der Waals surface area contributed by atoms with Crippen molar-refractivity contribution in [3.63, 3.8) is 0 Å². The first-order valence-corrected chi connectivity index (χ1v) is 8.88. The SMILES string of the molecule is C=[CH][Cu]([CH2]CCC)([CH2]CCC)[CH2]CCC.